The summed E-state index contributed by atoms with van der Waals surface area (Å²) in [6.07, 6.45) is 4.37. The predicted octanol–water partition coefficient (Wildman–Crippen LogP) is 4.33. The van der Waals surface area contributed by atoms with Crippen LogP contribution in [0.15, 0.2) is 42.5 Å². The molecule has 2 aromatic carbocycles. The predicted molar refractivity (Wildman–Crippen MR) is 108 cm³/mol. The van der Waals surface area contributed by atoms with Crippen molar-refractivity contribution < 1.29 is 13.2 Å². The lowest BCUT2D eigenvalue weighted by Crippen LogP contribution is -2.25. The van der Waals surface area contributed by atoms with Crippen molar-refractivity contribution in [2.45, 2.75) is 26.2 Å². The number of benzene rings is 2. The number of carbonyl (C=O) groups is 1. The summed E-state index contributed by atoms with van der Waals surface area (Å²) in [7, 11) is -2.00. The molecule has 0 heterocycles. The lowest BCUT2D eigenvalue weighted by atomic mass is 10.1. The number of rotatable bonds is 7. The van der Waals surface area contributed by atoms with E-state index in [1.54, 1.807) is 6.07 Å². The SMILES string of the molecule is CCCCc1ccc(NC(=O)c2cc(N(C)S(C)(=O)=O)ccc2Cl)cc1. The Kier molecular flexibility index (Phi) is 6.67. The van der Waals surface area contributed by atoms with E-state index in [4.69, 9.17) is 11.6 Å². The van der Waals surface area contributed by atoms with Crippen LogP contribution in [-0.2, 0) is 16.4 Å². The second-order valence-corrected chi connectivity index (χ2v) is 8.57. The monoisotopic (exact) mass is 394 g/mol. The topological polar surface area (TPSA) is 66.5 Å². The fourth-order valence-electron chi connectivity index (χ4n) is 2.41. The summed E-state index contributed by atoms with van der Waals surface area (Å²) < 4.78 is 24.5. The van der Waals surface area contributed by atoms with Gasteiger partial charge in [-0.05, 0) is 48.7 Å². The molecule has 0 aliphatic heterocycles. The highest BCUT2D eigenvalue weighted by Gasteiger charge is 2.17. The summed E-state index contributed by atoms with van der Waals surface area (Å²) in [5, 5.41) is 3.05. The number of hydrogen-bond acceptors (Lipinski definition) is 3. The second kappa shape index (κ2) is 8.56. The third kappa shape index (κ3) is 5.22. The van der Waals surface area contributed by atoms with Gasteiger partial charge >= 0.3 is 0 Å². The maximum absolute atomic E-state index is 12.6. The van der Waals surface area contributed by atoms with Crippen LogP contribution in [0.25, 0.3) is 0 Å². The minimum absolute atomic E-state index is 0.217. The standard InChI is InChI=1S/C19H23ClN2O3S/c1-4-5-6-14-7-9-15(10-8-14)21-19(23)17-13-16(11-12-18(17)20)22(2)26(3,24)25/h7-13H,4-6H2,1-3H3,(H,21,23). The van der Waals surface area contributed by atoms with Crippen molar-refractivity contribution >= 4 is 38.9 Å². The smallest absolute Gasteiger partial charge is 0.257 e. The van der Waals surface area contributed by atoms with Crippen LogP contribution >= 0.6 is 11.6 Å². The van der Waals surface area contributed by atoms with Crippen molar-refractivity contribution in [3.05, 3.63) is 58.6 Å². The molecule has 1 amide bonds. The number of halogens is 1. The van der Waals surface area contributed by atoms with Crippen LogP contribution < -0.4 is 9.62 Å². The average Bonchev–Trinajstić information content (AvgIpc) is 2.60. The van der Waals surface area contributed by atoms with Crippen LogP contribution in [0.4, 0.5) is 11.4 Å². The molecular weight excluding hydrogens is 372 g/mol. The first kappa shape index (κ1) is 20.3. The molecule has 0 aliphatic carbocycles. The van der Waals surface area contributed by atoms with Crippen LogP contribution in [0.2, 0.25) is 5.02 Å². The van der Waals surface area contributed by atoms with Crippen molar-refractivity contribution in [1.82, 2.24) is 0 Å². The molecule has 0 bridgehead atoms. The normalized spacial score (nSPS) is 11.2. The van der Waals surface area contributed by atoms with Gasteiger partial charge in [-0.3, -0.25) is 9.10 Å². The van der Waals surface area contributed by atoms with Gasteiger partial charge in [-0.1, -0.05) is 37.1 Å². The molecule has 0 fully saturated rings. The first-order valence-corrected chi connectivity index (χ1v) is 10.6. The fraction of sp³-hybridized carbons (Fsp3) is 0.316. The number of unbranched alkanes of at least 4 members (excludes halogenated alkanes) is 1. The summed E-state index contributed by atoms with van der Waals surface area (Å²) in [4.78, 5) is 12.6. The molecule has 7 heteroatoms. The van der Waals surface area contributed by atoms with Crippen LogP contribution in [0.1, 0.15) is 35.7 Å². The Morgan fingerprint density at radius 3 is 2.38 bits per heavy atom. The van der Waals surface area contributed by atoms with E-state index in [1.165, 1.54) is 24.7 Å². The van der Waals surface area contributed by atoms with Gasteiger partial charge < -0.3 is 5.32 Å². The van der Waals surface area contributed by atoms with Crippen molar-refractivity contribution in [1.29, 1.82) is 0 Å². The van der Waals surface area contributed by atoms with E-state index in [0.717, 1.165) is 29.8 Å². The van der Waals surface area contributed by atoms with Gasteiger partial charge in [0.1, 0.15) is 0 Å². The maximum Gasteiger partial charge on any atom is 0.257 e. The van der Waals surface area contributed by atoms with E-state index in [0.29, 0.717) is 11.4 Å². The summed E-state index contributed by atoms with van der Waals surface area (Å²) >= 11 is 6.13. The van der Waals surface area contributed by atoms with Crippen LogP contribution in [0, 0.1) is 0 Å². The third-order valence-corrected chi connectivity index (χ3v) is 5.62. The molecule has 0 spiro atoms. The van der Waals surface area contributed by atoms with Crippen LogP contribution in [-0.4, -0.2) is 27.6 Å². The highest BCUT2D eigenvalue weighted by atomic mass is 35.5. The molecule has 1 N–H and O–H groups in total. The van der Waals surface area contributed by atoms with E-state index in [9.17, 15) is 13.2 Å². The highest BCUT2D eigenvalue weighted by molar-refractivity contribution is 7.92. The number of nitrogens with one attached hydrogen (secondary N) is 1. The molecule has 2 rings (SSSR count). The number of amides is 1. The molecule has 0 saturated heterocycles. The Hall–Kier alpha value is -2.05. The molecule has 0 radical (unpaired) electrons. The Balaban J connectivity index is 2.19. The van der Waals surface area contributed by atoms with Crippen molar-refractivity contribution in [2.24, 2.45) is 0 Å². The Morgan fingerprint density at radius 1 is 1.15 bits per heavy atom. The number of sulfonamides is 1. The molecule has 0 aliphatic rings. The third-order valence-electron chi connectivity index (χ3n) is 4.09. The van der Waals surface area contributed by atoms with Crippen molar-refractivity contribution in [2.75, 3.05) is 22.9 Å². The molecule has 26 heavy (non-hydrogen) atoms. The molecule has 0 unspecified atom stereocenters. The van der Waals surface area contributed by atoms with E-state index >= 15 is 0 Å². The Labute approximate surface area is 160 Å². The van der Waals surface area contributed by atoms with Gasteiger partial charge in [-0.2, -0.15) is 0 Å². The lowest BCUT2D eigenvalue weighted by Gasteiger charge is -2.18. The van der Waals surface area contributed by atoms with Crippen molar-refractivity contribution in [3.8, 4) is 0 Å². The molecule has 140 valence electrons. The van der Waals surface area contributed by atoms with Crippen molar-refractivity contribution in [3.63, 3.8) is 0 Å². The van der Waals surface area contributed by atoms with Gasteiger partial charge in [-0.15, -0.1) is 0 Å². The quantitative estimate of drug-likeness (QED) is 0.759. The van der Waals surface area contributed by atoms with Crippen LogP contribution in [0.3, 0.4) is 0 Å². The minimum atomic E-state index is -3.42. The molecular formula is C19H23ClN2O3S. The zero-order valence-corrected chi connectivity index (χ0v) is 16.7. The average molecular weight is 395 g/mol. The van der Waals surface area contributed by atoms with E-state index in [2.05, 4.69) is 12.2 Å². The summed E-state index contributed by atoms with van der Waals surface area (Å²) in [6.45, 7) is 2.15. The van der Waals surface area contributed by atoms with E-state index in [1.807, 2.05) is 24.3 Å². The fourth-order valence-corrected chi connectivity index (χ4v) is 3.11. The maximum atomic E-state index is 12.6. The number of carbonyl (C=O) groups excluding carboxylic acids is 1. The minimum Gasteiger partial charge on any atom is -0.322 e. The number of hydrogen-bond donors (Lipinski definition) is 1. The second-order valence-electron chi connectivity index (χ2n) is 6.15. The molecule has 0 saturated carbocycles. The highest BCUT2D eigenvalue weighted by Crippen LogP contribution is 2.25. The number of aryl methyl sites for hydroxylation is 1. The largest absolute Gasteiger partial charge is 0.322 e. The first-order valence-electron chi connectivity index (χ1n) is 8.36. The molecule has 5 nitrogen and oxygen atoms in total. The van der Waals surface area contributed by atoms with Gasteiger partial charge in [0.25, 0.3) is 5.91 Å². The summed E-state index contributed by atoms with van der Waals surface area (Å²) in [5.41, 5.74) is 2.47. The zero-order valence-electron chi connectivity index (χ0n) is 15.1. The Bertz CT molecular complexity index is 880. The van der Waals surface area contributed by atoms with Gasteiger partial charge in [0.2, 0.25) is 10.0 Å². The van der Waals surface area contributed by atoms with E-state index < -0.39 is 10.0 Å². The summed E-state index contributed by atoms with van der Waals surface area (Å²) in [6, 6.07) is 12.2. The molecule has 0 atom stereocenters. The number of nitrogens with zero attached hydrogens (tertiary/aromatic N) is 1. The van der Waals surface area contributed by atoms with Gasteiger partial charge in [0.05, 0.1) is 22.5 Å². The Morgan fingerprint density at radius 2 is 1.81 bits per heavy atom. The zero-order chi connectivity index (χ0) is 19.3. The van der Waals surface area contributed by atoms with Gasteiger partial charge in [0.15, 0.2) is 0 Å². The summed E-state index contributed by atoms with van der Waals surface area (Å²) in [5.74, 6) is -0.389. The van der Waals surface area contributed by atoms with E-state index in [-0.39, 0.29) is 16.5 Å². The number of anilines is 2. The van der Waals surface area contributed by atoms with Gasteiger partial charge in [-0.25, -0.2) is 8.42 Å². The molecule has 0 aromatic heterocycles. The van der Waals surface area contributed by atoms with Crippen LogP contribution in [0.5, 0.6) is 0 Å². The first-order chi connectivity index (χ1) is 12.2. The lowest BCUT2D eigenvalue weighted by molar-refractivity contribution is 0.102. The molecule has 2 aromatic rings. The van der Waals surface area contributed by atoms with Gasteiger partial charge in [0, 0.05) is 12.7 Å².